The molecule has 14 heteroatoms. The monoisotopic (exact) mass is 790 g/mol. The van der Waals surface area contributed by atoms with Crippen molar-refractivity contribution in [1.82, 2.24) is 16.8 Å². The van der Waals surface area contributed by atoms with Crippen molar-refractivity contribution in [3.63, 3.8) is 0 Å². The highest BCUT2D eigenvalue weighted by molar-refractivity contribution is 6.48. The van der Waals surface area contributed by atoms with Gasteiger partial charge in [-0.2, -0.15) is 0 Å². The normalized spacial score (nSPS) is 35.1. The molecule has 56 heavy (non-hydrogen) atoms. The third kappa shape index (κ3) is 9.40. The van der Waals surface area contributed by atoms with Crippen molar-refractivity contribution < 1.29 is 42.9 Å². The van der Waals surface area contributed by atoms with Gasteiger partial charge in [-0.05, 0) is 112 Å². The van der Waals surface area contributed by atoms with E-state index in [0.29, 0.717) is 41.0 Å². The Morgan fingerprint density at radius 1 is 0.661 bits per heavy atom. The first-order valence-corrected chi connectivity index (χ1v) is 21.4. The number of Topliss-reactive ketones (excluding diaryl/α,β-unsaturated/α-hetero) is 1. The highest BCUT2D eigenvalue weighted by atomic mass is 16.7. The summed E-state index contributed by atoms with van der Waals surface area (Å²) in [6.45, 7) is 31.1. The van der Waals surface area contributed by atoms with Gasteiger partial charge < -0.3 is 40.5 Å². The van der Waals surface area contributed by atoms with Gasteiger partial charge in [0.25, 0.3) is 0 Å². The lowest BCUT2D eigenvalue weighted by molar-refractivity contribution is -0.199. The number of ketones is 1. The van der Waals surface area contributed by atoms with Crippen molar-refractivity contribution >= 4 is 37.8 Å². The molecular weight excluding hydrogens is 712 g/mol. The average Bonchev–Trinajstić information content (AvgIpc) is 3.68. The summed E-state index contributed by atoms with van der Waals surface area (Å²) in [4.78, 5) is 46.1. The Kier molecular flexibility index (Phi) is 15.6. The first-order valence-electron chi connectivity index (χ1n) is 21.4. The minimum absolute atomic E-state index is 0. The summed E-state index contributed by atoms with van der Waals surface area (Å²) < 4.78 is 25.1. The van der Waals surface area contributed by atoms with Crippen LogP contribution >= 0.6 is 0 Å². The van der Waals surface area contributed by atoms with Gasteiger partial charge in [0.05, 0.1) is 29.5 Å². The number of carbonyl (C=O) groups is 4. The zero-order valence-corrected chi connectivity index (χ0v) is 37.5. The van der Waals surface area contributed by atoms with E-state index in [1.165, 1.54) is 26.2 Å². The van der Waals surface area contributed by atoms with E-state index in [1.807, 2.05) is 27.7 Å². The summed E-state index contributed by atoms with van der Waals surface area (Å²) in [6, 6.07) is -1.27. The van der Waals surface area contributed by atoms with E-state index in [9.17, 15) is 19.2 Å². The van der Waals surface area contributed by atoms with Gasteiger partial charge >= 0.3 is 20.2 Å². The van der Waals surface area contributed by atoms with E-state index >= 15 is 0 Å². The smallest absolute Gasteiger partial charge is 0.461 e. The number of amides is 2. The van der Waals surface area contributed by atoms with Crippen LogP contribution in [0.2, 0.25) is 11.6 Å². The van der Waals surface area contributed by atoms with Crippen LogP contribution in [0.15, 0.2) is 0 Å². The molecule has 6 N–H and O–H groups in total. The van der Waals surface area contributed by atoms with E-state index in [1.54, 1.807) is 13.8 Å². The third-order valence-electron chi connectivity index (χ3n) is 15.2. The van der Waals surface area contributed by atoms with Crippen LogP contribution in [0.3, 0.4) is 0 Å². The minimum atomic E-state index is -1.01. The number of carboxylic acids is 1. The van der Waals surface area contributed by atoms with Gasteiger partial charge in [0.15, 0.2) is 5.78 Å². The van der Waals surface area contributed by atoms with E-state index < -0.39 is 18.1 Å². The molecule has 320 valence electrons. The quantitative estimate of drug-likeness (QED) is 0.144. The number of hydrogen-bond acceptors (Lipinski definition) is 9. The standard InChI is InChI=1S/C21H36BNO4.C13H23BO2.C8H15NO3.H3N/c1-8-12(2)19(25)23-14(4)16(24)9-13(3)22-26-18-11-15-10-17(20(15,5)6)21(18,7)27-22;1-8(2)14-15-11-7-9-6-10(12(9,3)4)13(11,5)16-14;1-4-5(2)7(10)9-6(3)8(11)12;/h12-15,17-18H,8-11H2,1-7H3,(H,23,25);8-11H,6-7H2,1-5H3;5-6H,4H2,1-3H3,(H,9,10)(H,11,12);1H3/t12?,13-,14?,15+,17+,18-,21+;9-,10-,11+,13-;;/m10../s1. The predicted molar refractivity (Wildman–Crippen MR) is 221 cm³/mol. The minimum Gasteiger partial charge on any atom is -0.480 e. The van der Waals surface area contributed by atoms with Gasteiger partial charge in [0.2, 0.25) is 11.8 Å². The van der Waals surface area contributed by atoms with Crippen LogP contribution in [0, 0.1) is 46.3 Å². The fourth-order valence-electron chi connectivity index (χ4n) is 10.1. The maximum Gasteiger partial charge on any atom is 0.461 e. The molecule has 4 bridgehead atoms. The summed E-state index contributed by atoms with van der Waals surface area (Å²) >= 11 is 0. The molecule has 0 spiro atoms. The molecular formula is C42H77B2N3O9. The summed E-state index contributed by atoms with van der Waals surface area (Å²) in [7, 11) is -0.318. The summed E-state index contributed by atoms with van der Waals surface area (Å²) in [6.07, 6.45) is 7.14. The van der Waals surface area contributed by atoms with Gasteiger partial charge in [-0.15, -0.1) is 0 Å². The van der Waals surface area contributed by atoms with Crippen molar-refractivity contribution in [3.8, 4) is 0 Å². The van der Waals surface area contributed by atoms with Gasteiger partial charge in [-0.25, -0.2) is 0 Å². The van der Waals surface area contributed by atoms with E-state index in [0.717, 1.165) is 31.1 Å². The maximum atomic E-state index is 12.6. The topological polar surface area (TPSA) is 184 Å². The number of nitrogens with one attached hydrogen (secondary N) is 2. The average molecular weight is 790 g/mol. The summed E-state index contributed by atoms with van der Waals surface area (Å²) in [5, 5.41) is 13.7. The molecule has 4 unspecified atom stereocenters. The molecule has 6 aliphatic carbocycles. The maximum absolute atomic E-state index is 12.6. The third-order valence-corrected chi connectivity index (χ3v) is 15.2. The summed E-state index contributed by atoms with van der Waals surface area (Å²) in [5.74, 6) is 1.80. The highest BCUT2D eigenvalue weighted by Gasteiger charge is 2.69. The Hall–Kier alpha value is -1.99. The van der Waals surface area contributed by atoms with Gasteiger partial charge in [-0.1, -0.05) is 76.2 Å². The molecule has 0 radical (unpaired) electrons. The fraction of sp³-hybridized carbons (Fsp3) is 0.905. The van der Waals surface area contributed by atoms with Crippen LogP contribution in [-0.2, 0) is 37.8 Å². The molecule has 6 saturated carbocycles. The van der Waals surface area contributed by atoms with Crippen molar-refractivity contribution in [3.05, 3.63) is 0 Å². The van der Waals surface area contributed by atoms with Crippen molar-refractivity contribution in [2.75, 3.05) is 0 Å². The lowest BCUT2D eigenvalue weighted by Gasteiger charge is -2.64. The Balaban J connectivity index is 0.000000246. The first kappa shape index (κ1) is 48.4. The Morgan fingerprint density at radius 2 is 1.05 bits per heavy atom. The molecule has 0 aromatic heterocycles. The molecule has 0 aromatic rings. The number of carbonyl (C=O) groups excluding carboxylic acids is 3. The largest absolute Gasteiger partial charge is 0.480 e. The number of aliphatic carboxylic acids is 1. The van der Waals surface area contributed by atoms with Crippen LogP contribution in [0.5, 0.6) is 0 Å². The van der Waals surface area contributed by atoms with Gasteiger partial charge in [0.1, 0.15) is 6.04 Å². The van der Waals surface area contributed by atoms with Crippen LogP contribution in [0.4, 0.5) is 0 Å². The van der Waals surface area contributed by atoms with Crippen molar-refractivity contribution in [1.29, 1.82) is 0 Å². The second kappa shape index (κ2) is 18.1. The van der Waals surface area contributed by atoms with Gasteiger partial charge in [0, 0.05) is 18.3 Å². The zero-order chi connectivity index (χ0) is 41.6. The molecule has 12 nitrogen and oxygen atoms in total. The number of hydrogen-bond donors (Lipinski definition) is 4. The van der Waals surface area contributed by atoms with Crippen LogP contribution in [0.1, 0.15) is 149 Å². The molecule has 2 amide bonds. The Labute approximate surface area is 339 Å². The number of carboxylic acid groups (broad SMARTS) is 1. The molecule has 8 rings (SSSR count). The molecule has 8 aliphatic rings. The predicted octanol–water partition coefficient (Wildman–Crippen LogP) is 7.52. The molecule has 2 aliphatic heterocycles. The fourth-order valence-corrected chi connectivity index (χ4v) is 10.1. The zero-order valence-electron chi connectivity index (χ0n) is 37.5. The van der Waals surface area contributed by atoms with Crippen molar-refractivity contribution in [2.45, 2.75) is 196 Å². The lowest BCUT2D eigenvalue weighted by Crippen LogP contribution is -2.65. The molecule has 2 heterocycles. The molecule has 8 fully saturated rings. The lowest BCUT2D eigenvalue weighted by atomic mass is 9.43. The number of rotatable bonds is 12. The first-order chi connectivity index (χ1) is 25.3. The molecule has 2 saturated heterocycles. The van der Waals surface area contributed by atoms with E-state index in [4.69, 9.17) is 23.7 Å². The van der Waals surface area contributed by atoms with Gasteiger partial charge in [-0.3, -0.25) is 19.2 Å². The SMILES string of the molecule is CC(C)B1O[C@@H]2C[C@@H]3C[C@@H](C3(C)C)[C@]2(C)O1.CCC(C)C(=O)NC(C)C(=O)C[C@@H](C)B1O[C@@H]2C[C@@H]3C[C@@H](C3(C)C)[C@]2(C)O1.CCC(C)C(=O)NC(C)C(=O)O.N. The molecule has 0 aromatic carbocycles. The van der Waals surface area contributed by atoms with Crippen LogP contribution < -0.4 is 16.8 Å². The van der Waals surface area contributed by atoms with Crippen LogP contribution in [0.25, 0.3) is 0 Å². The Bertz CT molecular complexity index is 1410. The van der Waals surface area contributed by atoms with E-state index in [-0.39, 0.29) is 72.9 Å². The summed E-state index contributed by atoms with van der Waals surface area (Å²) in [5.41, 5.74) is 0.515. The second-order valence-electron chi connectivity index (χ2n) is 20.0. The highest BCUT2D eigenvalue weighted by Crippen LogP contribution is 2.67. The molecule has 13 atom stereocenters. The van der Waals surface area contributed by atoms with Crippen molar-refractivity contribution in [2.24, 2.45) is 46.3 Å². The second-order valence-corrected chi connectivity index (χ2v) is 20.0. The van der Waals surface area contributed by atoms with Crippen LogP contribution in [-0.4, -0.2) is 78.4 Å². The van der Waals surface area contributed by atoms with E-state index in [2.05, 4.69) is 66.0 Å². The Morgan fingerprint density at radius 3 is 1.43 bits per heavy atom.